The number of aryl methyl sites for hydroxylation is 1. The number of phenolic OH excluding ortho intramolecular Hbond substituents is 1. The van der Waals surface area contributed by atoms with Gasteiger partial charge in [-0.15, -0.1) is 0 Å². The highest BCUT2D eigenvalue weighted by Crippen LogP contribution is 2.36. The van der Waals surface area contributed by atoms with Crippen LogP contribution in [0.2, 0.25) is 0 Å². The number of rotatable bonds is 2. The van der Waals surface area contributed by atoms with Gasteiger partial charge in [0.05, 0.1) is 5.54 Å². The van der Waals surface area contributed by atoms with Crippen LogP contribution in [0.5, 0.6) is 5.75 Å². The van der Waals surface area contributed by atoms with Crippen molar-refractivity contribution in [3.05, 3.63) is 23.3 Å². The molecule has 2 aliphatic heterocycles. The third-order valence-electron chi connectivity index (χ3n) is 4.86. The maximum absolute atomic E-state index is 11.6. The van der Waals surface area contributed by atoms with Crippen LogP contribution in [0.3, 0.4) is 0 Å². The number of anilines is 1. The van der Waals surface area contributed by atoms with E-state index in [9.17, 15) is 13.5 Å². The minimum Gasteiger partial charge on any atom is -0.508 e. The molecule has 0 atom stereocenters. The molecule has 0 unspecified atom stereocenters. The largest absolute Gasteiger partial charge is 0.508 e. The molecule has 122 valence electrons. The third-order valence-corrected chi connectivity index (χ3v) is 6.08. The number of hydrogen-bond acceptors (Lipinski definition) is 4. The topological polar surface area (TPSA) is 81.7 Å². The minimum absolute atomic E-state index is 0.315. The second-order valence-electron chi connectivity index (χ2n) is 6.26. The van der Waals surface area contributed by atoms with Crippen molar-refractivity contribution in [2.24, 2.45) is 0 Å². The molecule has 0 aromatic heterocycles. The fraction of sp³-hybridized carbons (Fsp3) is 0.600. The molecule has 1 aromatic carbocycles. The Balaban J connectivity index is 1.82. The van der Waals surface area contributed by atoms with Gasteiger partial charge in [-0.1, -0.05) is 13.0 Å². The molecule has 0 amide bonds. The van der Waals surface area contributed by atoms with Gasteiger partial charge in [-0.2, -0.15) is 13.1 Å². The molecule has 2 fully saturated rings. The maximum Gasteiger partial charge on any atom is 0.277 e. The first kappa shape index (κ1) is 15.6. The Kier molecular flexibility index (Phi) is 3.82. The first-order chi connectivity index (χ1) is 10.4. The summed E-state index contributed by atoms with van der Waals surface area (Å²) in [4.78, 5) is 2.27. The zero-order valence-electron chi connectivity index (χ0n) is 13.0. The van der Waals surface area contributed by atoms with Crippen molar-refractivity contribution in [1.82, 2.24) is 9.44 Å². The predicted molar refractivity (Wildman–Crippen MR) is 86.5 cm³/mol. The van der Waals surface area contributed by atoms with E-state index < -0.39 is 10.2 Å². The van der Waals surface area contributed by atoms with Gasteiger partial charge in [-0.3, -0.25) is 0 Å². The summed E-state index contributed by atoms with van der Waals surface area (Å²) in [6.45, 7) is 6.07. The lowest BCUT2D eigenvalue weighted by Gasteiger charge is -2.40. The second-order valence-corrected chi connectivity index (χ2v) is 7.76. The van der Waals surface area contributed by atoms with Gasteiger partial charge in [-0.25, -0.2) is 4.72 Å². The zero-order chi connectivity index (χ0) is 16.0. The Bertz CT molecular complexity index is 680. The van der Waals surface area contributed by atoms with Crippen LogP contribution in [0, 0.1) is 6.92 Å². The van der Waals surface area contributed by atoms with Crippen molar-refractivity contribution >= 4 is 15.9 Å². The Morgan fingerprint density at radius 3 is 2.55 bits per heavy atom. The monoisotopic (exact) mass is 325 g/mol. The molecule has 0 saturated carbocycles. The van der Waals surface area contributed by atoms with E-state index in [1.165, 1.54) is 5.56 Å². The van der Waals surface area contributed by atoms with Gasteiger partial charge in [0, 0.05) is 30.9 Å². The second kappa shape index (κ2) is 5.40. The predicted octanol–water partition coefficient (Wildman–Crippen LogP) is 1.04. The molecule has 1 aromatic rings. The molecule has 6 nitrogen and oxygen atoms in total. The quantitative estimate of drug-likeness (QED) is 0.759. The molecule has 1 spiro atoms. The molecule has 7 heteroatoms. The molecular formula is C15H23N3O3S. The van der Waals surface area contributed by atoms with Gasteiger partial charge in [-0.05, 0) is 37.8 Å². The molecule has 0 aliphatic carbocycles. The molecule has 2 saturated heterocycles. The number of phenols is 1. The maximum atomic E-state index is 11.6. The summed E-state index contributed by atoms with van der Waals surface area (Å²) in [6, 6.07) is 3.72. The Hall–Kier alpha value is -1.31. The van der Waals surface area contributed by atoms with Crippen molar-refractivity contribution in [3.63, 3.8) is 0 Å². The van der Waals surface area contributed by atoms with E-state index in [4.69, 9.17) is 0 Å². The van der Waals surface area contributed by atoms with Crippen LogP contribution in [0.15, 0.2) is 12.1 Å². The van der Waals surface area contributed by atoms with E-state index >= 15 is 0 Å². The van der Waals surface area contributed by atoms with Crippen molar-refractivity contribution in [2.75, 3.05) is 24.5 Å². The average Bonchev–Trinajstić information content (AvgIpc) is 2.78. The Labute approximate surface area is 131 Å². The van der Waals surface area contributed by atoms with Crippen molar-refractivity contribution in [2.45, 2.75) is 38.6 Å². The number of piperidine rings is 1. The summed E-state index contributed by atoms with van der Waals surface area (Å²) in [7, 11) is -3.32. The zero-order valence-corrected chi connectivity index (χ0v) is 13.8. The van der Waals surface area contributed by atoms with Crippen LogP contribution in [-0.4, -0.2) is 38.7 Å². The summed E-state index contributed by atoms with van der Waals surface area (Å²) < 4.78 is 28.5. The highest BCUT2D eigenvalue weighted by Gasteiger charge is 2.43. The summed E-state index contributed by atoms with van der Waals surface area (Å²) in [5.74, 6) is 0.315. The average molecular weight is 325 g/mol. The Morgan fingerprint density at radius 1 is 1.32 bits per heavy atom. The summed E-state index contributed by atoms with van der Waals surface area (Å²) >= 11 is 0. The fourth-order valence-electron chi connectivity index (χ4n) is 3.50. The SMILES string of the molecule is CCc1ccc(O)c(C)c1N1CCC2(CC1)CNS(=O)(=O)N2. The smallest absolute Gasteiger partial charge is 0.277 e. The lowest BCUT2D eigenvalue weighted by molar-refractivity contribution is 0.326. The molecule has 2 aliphatic rings. The number of benzene rings is 1. The van der Waals surface area contributed by atoms with E-state index in [0.29, 0.717) is 12.3 Å². The normalized spacial score (nSPS) is 23.1. The van der Waals surface area contributed by atoms with E-state index in [1.54, 1.807) is 6.07 Å². The van der Waals surface area contributed by atoms with Gasteiger partial charge < -0.3 is 10.0 Å². The molecule has 3 N–H and O–H groups in total. The lowest BCUT2D eigenvalue weighted by Crippen LogP contribution is -2.52. The molecule has 2 heterocycles. The van der Waals surface area contributed by atoms with Crippen LogP contribution in [-0.2, 0) is 16.6 Å². The highest BCUT2D eigenvalue weighted by atomic mass is 32.2. The van der Waals surface area contributed by atoms with E-state index in [0.717, 1.165) is 43.6 Å². The van der Waals surface area contributed by atoms with E-state index in [1.807, 2.05) is 13.0 Å². The van der Waals surface area contributed by atoms with Gasteiger partial charge in [0.25, 0.3) is 10.2 Å². The fourth-order valence-corrected chi connectivity index (χ4v) is 4.88. The van der Waals surface area contributed by atoms with Gasteiger partial charge >= 0.3 is 0 Å². The van der Waals surface area contributed by atoms with Crippen LogP contribution < -0.4 is 14.3 Å². The molecule has 0 radical (unpaired) electrons. The van der Waals surface area contributed by atoms with Crippen molar-refractivity contribution in [3.8, 4) is 5.75 Å². The van der Waals surface area contributed by atoms with E-state index in [-0.39, 0.29) is 5.54 Å². The first-order valence-corrected chi connectivity index (χ1v) is 9.19. The van der Waals surface area contributed by atoms with E-state index in [2.05, 4.69) is 21.3 Å². The van der Waals surface area contributed by atoms with Crippen molar-refractivity contribution < 1.29 is 13.5 Å². The first-order valence-electron chi connectivity index (χ1n) is 7.71. The third kappa shape index (κ3) is 2.68. The summed E-state index contributed by atoms with van der Waals surface area (Å²) in [6.07, 6.45) is 2.43. The molecule has 22 heavy (non-hydrogen) atoms. The van der Waals surface area contributed by atoms with Gasteiger partial charge in [0.15, 0.2) is 0 Å². The summed E-state index contributed by atoms with van der Waals surface area (Å²) in [5, 5.41) is 10.00. The van der Waals surface area contributed by atoms with Crippen LogP contribution in [0.25, 0.3) is 0 Å². The lowest BCUT2D eigenvalue weighted by atomic mass is 9.88. The standard InChI is InChI=1S/C15H23N3O3S/c1-3-12-4-5-13(19)11(2)14(12)18-8-6-15(7-9-18)10-16-22(20,21)17-15/h4-5,16-17,19H,3,6-10H2,1-2H3. The molecular weight excluding hydrogens is 302 g/mol. The van der Waals surface area contributed by atoms with Gasteiger partial charge in [0.1, 0.15) is 5.75 Å². The number of nitrogens with one attached hydrogen (secondary N) is 2. The summed E-state index contributed by atoms with van der Waals surface area (Å²) in [5.41, 5.74) is 2.87. The molecule has 3 rings (SSSR count). The molecule has 0 bridgehead atoms. The van der Waals surface area contributed by atoms with Crippen LogP contribution >= 0.6 is 0 Å². The number of nitrogens with zero attached hydrogens (tertiary/aromatic N) is 1. The van der Waals surface area contributed by atoms with Gasteiger partial charge in [0.2, 0.25) is 0 Å². The van der Waals surface area contributed by atoms with Crippen molar-refractivity contribution in [1.29, 1.82) is 0 Å². The Morgan fingerprint density at radius 2 is 2.00 bits per heavy atom. The number of hydrogen-bond donors (Lipinski definition) is 3. The number of aromatic hydroxyl groups is 1. The van der Waals surface area contributed by atoms with Crippen LogP contribution in [0.1, 0.15) is 30.9 Å². The van der Waals surface area contributed by atoms with Crippen LogP contribution in [0.4, 0.5) is 5.69 Å². The highest BCUT2D eigenvalue weighted by molar-refractivity contribution is 7.87. The minimum atomic E-state index is -3.32.